The summed E-state index contributed by atoms with van der Waals surface area (Å²) in [4.78, 5) is 27.5. The van der Waals surface area contributed by atoms with Gasteiger partial charge < -0.3 is 14.5 Å². The minimum absolute atomic E-state index is 0.143. The highest BCUT2D eigenvalue weighted by Gasteiger charge is 2.14. The van der Waals surface area contributed by atoms with Crippen molar-refractivity contribution >= 4 is 11.9 Å². The molecule has 0 saturated carbocycles. The van der Waals surface area contributed by atoms with Gasteiger partial charge in [0, 0.05) is 19.5 Å². The van der Waals surface area contributed by atoms with Crippen molar-refractivity contribution in [3.05, 3.63) is 0 Å². The van der Waals surface area contributed by atoms with Crippen LogP contribution in [0, 0.1) is 0 Å². The molecule has 0 atom stereocenters. The molecule has 0 radical (unpaired) electrons. The number of carbonyl (C=O) groups is 2. The Kier molecular flexibility index (Phi) is 12.0. The van der Waals surface area contributed by atoms with Gasteiger partial charge in [0.15, 0.2) is 0 Å². The van der Waals surface area contributed by atoms with Gasteiger partial charge in [-0.05, 0) is 38.9 Å². The van der Waals surface area contributed by atoms with Crippen molar-refractivity contribution in [2.24, 2.45) is 0 Å². The fourth-order valence-corrected chi connectivity index (χ4v) is 2.24. The van der Waals surface area contributed by atoms with Crippen LogP contribution in [0.4, 0.5) is 0 Å². The van der Waals surface area contributed by atoms with Crippen LogP contribution in [0.5, 0.6) is 0 Å². The van der Waals surface area contributed by atoms with Crippen LogP contribution in [0.3, 0.4) is 0 Å². The molecule has 0 aliphatic carbocycles. The fourth-order valence-electron chi connectivity index (χ4n) is 2.24. The first-order chi connectivity index (χ1) is 10.1. The van der Waals surface area contributed by atoms with Gasteiger partial charge in [0.25, 0.3) is 0 Å². The molecule has 0 fully saturated rings. The van der Waals surface area contributed by atoms with E-state index < -0.39 is 0 Å². The van der Waals surface area contributed by atoms with Crippen LogP contribution >= 0.6 is 0 Å². The highest BCUT2D eigenvalue weighted by molar-refractivity contribution is 5.77. The summed E-state index contributed by atoms with van der Waals surface area (Å²) in [5.41, 5.74) is 0. The maximum Gasteiger partial charge on any atom is 0.307 e. The molecule has 0 unspecified atom stereocenters. The van der Waals surface area contributed by atoms with Crippen LogP contribution in [0.1, 0.15) is 52.9 Å². The quantitative estimate of drug-likeness (QED) is 0.410. The lowest BCUT2D eigenvalue weighted by atomic mass is 10.2. The van der Waals surface area contributed by atoms with Gasteiger partial charge in [-0.25, -0.2) is 0 Å². The average molecular weight is 300 g/mol. The molecule has 124 valence electrons. The molecular formula is C16H32N2O3. The summed E-state index contributed by atoms with van der Waals surface area (Å²) in [5, 5.41) is 0. The summed E-state index contributed by atoms with van der Waals surface area (Å²) in [7, 11) is 1.38. The zero-order valence-corrected chi connectivity index (χ0v) is 14.2. The van der Waals surface area contributed by atoms with Crippen molar-refractivity contribution in [1.82, 2.24) is 9.80 Å². The molecule has 0 rings (SSSR count). The highest BCUT2D eigenvalue weighted by Crippen LogP contribution is 2.04. The molecule has 0 heterocycles. The van der Waals surface area contributed by atoms with Gasteiger partial charge >= 0.3 is 5.97 Å². The van der Waals surface area contributed by atoms with Crippen molar-refractivity contribution < 1.29 is 14.3 Å². The van der Waals surface area contributed by atoms with Gasteiger partial charge in [-0.15, -0.1) is 0 Å². The molecule has 0 aromatic rings. The van der Waals surface area contributed by atoms with Gasteiger partial charge in [0.2, 0.25) is 5.91 Å². The summed E-state index contributed by atoms with van der Waals surface area (Å²) in [6.07, 6.45) is 3.73. The number of hydrogen-bond acceptors (Lipinski definition) is 4. The number of hydrogen-bond donors (Lipinski definition) is 0. The van der Waals surface area contributed by atoms with Crippen molar-refractivity contribution in [1.29, 1.82) is 0 Å². The summed E-state index contributed by atoms with van der Waals surface area (Å²) >= 11 is 0. The number of carbonyl (C=O) groups excluding carboxylic acids is 2. The zero-order chi connectivity index (χ0) is 16.1. The lowest BCUT2D eigenvalue weighted by Gasteiger charge is -2.23. The number of amides is 1. The third-order valence-electron chi connectivity index (χ3n) is 3.68. The van der Waals surface area contributed by atoms with Gasteiger partial charge in [-0.2, -0.15) is 0 Å². The Morgan fingerprint density at radius 2 is 1.52 bits per heavy atom. The van der Waals surface area contributed by atoms with E-state index in [0.717, 1.165) is 45.4 Å². The van der Waals surface area contributed by atoms with Gasteiger partial charge in [0.05, 0.1) is 13.5 Å². The van der Waals surface area contributed by atoms with Crippen molar-refractivity contribution in [2.75, 3.05) is 39.8 Å². The van der Waals surface area contributed by atoms with E-state index in [-0.39, 0.29) is 18.3 Å². The van der Waals surface area contributed by atoms with Crippen molar-refractivity contribution in [3.8, 4) is 0 Å². The molecule has 0 aromatic heterocycles. The first-order valence-electron chi connectivity index (χ1n) is 8.15. The van der Waals surface area contributed by atoms with Crippen LogP contribution in [-0.2, 0) is 14.3 Å². The Balaban J connectivity index is 4.14. The Bertz CT molecular complexity index is 291. The second kappa shape index (κ2) is 12.6. The standard InChI is InChI=1S/C16H32N2O3/c1-5-10-15(19)18(14-11-16(20)21-4)13-9-8-12-17(6-2)7-3/h5-14H2,1-4H3. The molecule has 21 heavy (non-hydrogen) atoms. The molecule has 0 aliphatic heterocycles. The van der Waals surface area contributed by atoms with E-state index in [4.69, 9.17) is 0 Å². The molecule has 0 bridgehead atoms. The predicted molar refractivity (Wildman–Crippen MR) is 85.1 cm³/mol. The molecular weight excluding hydrogens is 268 g/mol. The summed E-state index contributed by atoms with van der Waals surface area (Å²) in [6.45, 7) is 10.7. The molecule has 0 saturated heterocycles. The number of methoxy groups -OCH3 is 1. The predicted octanol–water partition coefficient (Wildman–Crippen LogP) is 2.30. The van der Waals surface area contributed by atoms with E-state index >= 15 is 0 Å². The minimum atomic E-state index is -0.257. The highest BCUT2D eigenvalue weighted by atomic mass is 16.5. The van der Waals surface area contributed by atoms with Crippen molar-refractivity contribution in [3.63, 3.8) is 0 Å². The summed E-state index contributed by atoms with van der Waals surface area (Å²) in [5.74, 6) is -0.114. The molecule has 0 aliphatic rings. The van der Waals surface area contributed by atoms with Gasteiger partial charge in [0.1, 0.15) is 0 Å². The molecule has 5 nitrogen and oxygen atoms in total. The zero-order valence-electron chi connectivity index (χ0n) is 14.2. The average Bonchev–Trinajstić information content (AvgIpc) is 2.50. The maximum absolute atomic E-state index is 12.0. The first kappa shape index (κ1) is 19.9. The first-order valence-corrected chi connectivity index (χ1v) is 8.15. The number of rotatable bonds is 12. The van der Waals surface area contributed by atoms with Crippen LogP contribution in [-0.4, -0.2) is 61.5 Å². The third kappa shape index (κ3) is 9.45. The fraction of sp³-hybridized carbons (Fsp3) is 0.875. The van der Waals surface area contributed by atoms with E-state index in [1.807, 2.05) is 11.8 Å². The van der Waals surface area contributed by atoms with Crippen LogP contribution < -0.4 is 0 Å². The van der Waals surface area contributed by atoms with E-state index in [2.05, 4.69) is 23.5 Å². The SMILES string of the molecule is CCCC(=O)N(CCCCN(CC)CC)CCC(=O)OC. The van der Waals surface area contributed by atoms with Gasteiger partial charge in [-0.3, -0.25) is 9.59 Å². The Labute approximate surface area is 129 Å². The number of esters is 1. The smallest absolute Gasteiger partial charge is 0.307 e. The molecule has 5 heteroatoms. The van der Waals surface area contributed by atoms with E-state index in [1.165, 1.54) is 7.11 Å². The lowest BCUT2D eigenvalue weighted by molar-refractivity contribution is -0.141. The maximum atomic E-state index is 12.0. The minimum Gasteiger partial charge on any atom is -0.469 e. The summed E-state index contributed by atoms with van der Waals surface area (Å²) < 4.78 is 4.64. The molecule has 1 amide bonds. The monoisotopic (exact) mass is 300 g/mol. The Morgan fingerprint density at radius 3 is 2.05 bits per heavy atom. The van der Waals surface area contributed by atoms with Crippen LogP contribution in [0.25, 0.3) is 0 Å². The van der Waals surface area contributed by atoms with Gasteiger partial charge in [-0.1, -0.05) is 20.8 Å². The second-order valence-corrected chi connectivity index (χ2v) is 5.19. The normalized spacial score (nSPS) is 10.7. The molecule has 0 spiro atoms. The largest absolute Gasteiger partial charge is 0.469 e. The van der Waals surface area contributed by atoms with Crippen LogP contribution in [0.2, 0.25) is 0 Å². The van der Waals surface area contributed by atoms with E-state index in [9.17, 15) is 9.59 Å². The second-order valence-electron chi connectivity index (χ2n) is 5.19. The molecule has 0 aromatic carbocycles. The summed E-state index contributed by atoms with van der Waals surface area (Å²) in [6, 6.07) is 0. The third-order valence-corrected chi connectivity index (χ3v) is 3.68. The Hall–Kier alpha value is -1.10. The van der Waals surface area contributed by atoms with Crippen LogP contribution in [0.15, 0.2) is 0 Å². The number of nitrogens with zero attached hydrogens (tertiary/aromatic N) is 2. The molecule has 0 N–H and O–H groups in total. The number of unbranched alkanes of at least 4 members (excludes halogenated alkanes) is 1. The lowest BCUT2D eigenvalue weighted by Crippen LogP contribution is -2.34. The number of ether oxygens (including phenoxy) is 1. The Morgan fingerprint density at radius 1 is 0.905 bits per heavy atom. The topological polar surface area (TPSA) is 49.9 Å². The van der Waals surface area contributed by atoms with E-state index in [0.29, 0.717) is 13.0 Å². The van der Waals surface area contributed by atoms with Crippen molar-refractivity contribution in [2.45, 2.75) is 52.9 Å². The van der Waals surface area contributed by atoms with E-state index in [1.54, 1.807) is 0 Å².